The van der Waals surface area contributed by atoms with Crippen molar-refractivity contribution in [2.24, 2.45) is 0 Å². The van der Waals surface area contributed by atoms with Gasteiger partial charge in [0.2, 0.25) is 5.91 Å². The molecule has 8 nitrogen and oxygen atoms in total. The summed E-state index contributed by atoms with van der Waals surface area (Å²) in [7, 11) is 1.63. The van der Waals surface area contributed by atoms with Crippen molar-refractivity contribution in [2.45, 2.75) is 36.4 Å². The van der Waals surface area contributed by atoms with Gasteiger partial charge in [0.05, 0.1) is 24.1 Å². The number of nitrogens with one attached hydrogen (secondary N) is 1. The highest BCUT2D eigenvalue weighted by Crippen LogP contribution is 2.42. The zero-order chi connectivity index (χ0) is 22.7. The summed E-state index contributed by atoms with van der Waals surface area (Å²) in [5.74, 6) is 2.42. The van der Waals surface area contributed by atoms with Crippen LogP contribution >= 0.6 is 11.8 Å². The van der Waals surface area contributed by atoms with Gasteiger partial charge in [-0.15, -0.1) is 10.2 Å². The predicted molar refractivity (Wildman–Crippen MR) is 124 cm³/mol. The summed E-state index contributed by atoms with van der Waals surface area (Å²) in [4.78, 5) is 13.1. The molecular formula is C24H26N4O4S. The number of carbonyl (C=O) groups is 1. The van der Waals surface area contributed by atoms with Gasteiger partial charge < -0.3 is 19.5 Å². The smallest absolute Gasteiger partial charge is 0.231 e. The molecule has 1 aliphatic carbocycles. The maximum atomic E-state index is 13.1. The number of thioether (sulfide) groups is 1. The number of ether oxygens (including phenoxy) is 3. The van der Waals surface area contributed by atoms with Crippen LogP contribution in [-0.2, 0) is 10.3 Å². The summed E-state index contributed by atoms with van der Waals surface area (Å²) < 4.78 is 18.7. The van der Waals surface area contributed by atoms with Crippen molar-refractivity contribution >= 4 is 17.7 Å². The van der Waals surface area contributed by atoms with E-state index in [0.29, 0.717) is 24.1 Å². The second-order valence-corrected chi connectivity index (χ2v) is 9.08. The van der Waals surface area contributed by atoms with Crippen LogP contribution in [0.1, 0.15) is 31.2 Å². The van der Waals surface area contributed by atoms with Crippen molar-refractivity contribution in [1.29, 1.82) is 0 Å². The number of hydrogen-bond acceptors (Lipinski definition) is 7. The van der Waals surface area contributed by atoms with Gasteiger partial charge in [-0.25, -0.2) is 0 Å². The van der Waals surface area contributed by atoms with Crippen LogP contribution in [0.4, 0.5) is 0 Å². The fourth-order valence-electron chi connectivity index (χ4n) is 4.56. The molecule has 172 valence electrons. The Morgan fingerprint density at radius 1 is 1.15 bits per heavy atom. The highest BCUT2D eigenvalue weighted by atomic mass is 32.2. The van der Waals surface area contributed by atoms with Gasteiger partial charge in [0.1, 0.15) is 25.3 Å². The lowest BCUT2D eigenvalue weighted by Crippen LogP contribution is -2.44. The highest BCUT2D eigenvalue weighted by molar-refractivity contribution is 7.99. The SMILES string of the molecule is COc1ccccc1-n1cnnc1SCC(=O)NC1(c2ccc3c(c2)OCCO3)CCCC1. The molecule has 5 rings (SSSR count). The molecule has 1 aromatic heterocycles. The van der Waals surface area contributed by atoms with E-state index in [-0.39, 0.29) is 17.2 Å². The minimum Gasteiger partial charge on any atom is -0.495 e. The number of benzene rings is 2. The molecule has 1 aliphatic heterocycles. The second-order valence-electron chi connectivity index (χ2n) is 8.14. The third kappa shape index (κ3) is 4.37. The number of fused-ring (bicyclic) bond motifs is 1. The first-order chi connectivity index (χ1) is 16.2. The zero-order valence-electron chi connectivity index (χ0n) is 18.5. The molecule has 2 heterocycles. The number of amides is 1. The van der Waals surface area contributed by atoms with Gasteiger partial charge in [-0.3, -0.25) is 9.36 Å². The zero-order valence-corrected chi connectivity index (χ0v) is 19.3. The van der Waals surface area contributed by atoms with Gasteiger partial charge in [0.25, 0.3) is 0 Å². The summed E-state index contributed by atoms with van der Waals surface area (Å²) in [6.07, 6.45) is 5.58. The fourth-order valence-corrected chi connectivity index (χ4v) is 5.28. The first-order valence-corrected chi connectivity index (χ1v) is 12.0. The first-order valence-electron chi connectivity index (χ1n) is 11.1. The number of hydrogen-bond donors (Lipinski definition) is 1. The Labute approximate surface area is 196 Å². The van der Waals surface area contributed by atoms with Crippen LogP contribution in [0.15, 0.2) is 53.9 Å². The Morgan fingerprint density at radius 3 is 2.76 bits per heavy atom. The molecule has 1 amide bonds. The fraction of sp³-hybridized carbons (Fsp3) is 0.375. The van der Waals surface area contributed by atoms with Crippen molar-refractivity contribution < 1.29 is 19.0 Å². The van der Waals surface area contributed by atoms with Crippen LogP contribution < -0.4 is 19.5 Å². The lowest BCUT2D eigenvalue weighted by atomic mass is 9.87. The van der Waals surface area contributed by atoms with E-state index in [1.165, 1.54) is 11.8 Å². The van der Waals surface area contributed by atoms with E-state index in [9.17, 15) is 4.79 Å². The molecule has 0 radical (unpaired) electrons. The van der Waals surface area contributed by atoms with Crippen molar-refractivity contribution in [3.8, 4) is 22.9 Å². The van der Waals surface area contributed by atoms with E-state index in [1.807, 2.05) is 47.0 Å². The van der Waals surface area contributed by atoms with E-state index >= 15 is 0 Å². The Hall–Kier alpha value is -3.20. The average Bonchev–Trinajstić information content (AvgIpc) is 3.53. The molecule has 3 aromatic rings. The molecule has 0 saturated heterocycles. The van der Waals surface area contributed by atoms with E-state index in [2.05, 4.69) is 15.5 Å². The summed E-state index contributed by atoms with van der Waals surface area (Å²) >= 11 is 1.35. The van der Waals surface area contributed by atoms with Crippen LogP contribution in [0.25, 0.3) is 5.69 Å². The molecule has 2 aromatic carbocycles. The first kappa shape index (κ1) is 21.6. The largest absolute Gasteiger partial charge is 0.495 e. The lowest BCUT2D eigenvalue weighted by molar-refractivity contribution is -0.120. The summed E-state index contributed by atoms with van der Waals surface area (Å²) in [5, 5.41) is 12.2. The number of para-hydroxylation sites is 2. The monoisotopic (exact) mass is 466 g/mol. The van der Waals surface area contributed by atoms with Crippen molar-refractivity contribution in [3.05, 3.63) is 54.4 Å². The molecule has 9 heteroatoms. The van der Waals surface area contributed by atoms with Crippen molar-refractivity contribution in [3.63, 3.8) is 0 Å². The van der Waals surface area contributed by atoms with Crippen LogP contribution in [0.3, 0.4) is 0 Å². The van der Waals surface area contributed by atoms with Gasteiger partial charge in [0.15, 0.2) is 16.7 Å². The molecule has 33 heavy (non-hydrogen) atoms. The van der Waals surface area contributed by atoms with E-state index in [0.717, 1.165) is 48.4 Å². The second kappa shape index (κ2) is 9.35. The summed E-state index contributed by atoms with van der Waals surface area (Å²) in [5.41, 5.74) is 1.51. The molecule has 0 atom stereocenters. The quantitative estimate of drug-likeness (QED) is 0.531. The van der Waals surface area contributed by atoms with Crippen LogP contribution in [0.2, 0.25) is 0 Å². The molecular weight excluding hydrogens is 440 g/mol. The normalized spacial score (nSPS) is 16.4. The number of carbonyl (C=O) groups excluding carboxylic acids is 1. The lowest BCUT2D eigenvalue weighted by Gasteiger charge is -2.32. The number of nitrogens with zero attached hydrogens (tertiary/aromatic N) is 3. The Bertz CT molecular complexity index is 1140. The maximum Gasteiger partial charge on any atom is 0.231 e. The molecule has 1 saturated carbocycles. The average molecular weight is 467 g/mol. The van der Waals surface area contributed by atoms with Crippen LogP contribution in [-0.4, -0.2) is 46.7 Å². The van der Waals surface area contributed by atoms with Gasteiger partial charge in [-0.1, -0.05) is 42.8 Å². The van der Waals surface area contributed by atoms with Crippen molar-refractivity contribution in [2.75, 3.05) is 26.1 Å². The minimum atomic E-state index is -0.385. The summed E-state index contributed by atoms with van der Waals surface area (Å²) in [6.45, 7) is 1.10. The summed E-state index contributed by atoms with van der Waals surface area (Å²) in [6, 6.07) is 13.7. The molecule has 1 fully saturated rings. The minimum absolute atomic E-state index is 0.0358. The van der Waals surface area contributed by atoms with E-state index < -0.39 is 0 Å². The van der Waals surface area contributed by atoms with E-state index in [4.69, 9.17) is 14.2 Å². The van der Waals surface area contributed by atoms with Gasteiger partial charge >= 0.3 is 0 Å². The number of methoxy groups -OCH3 is 1. The van der Waals surface area contributed by atoms with Crippen LogP contribution in [0, 0.1) is 0 Å². The Morgan fingerprint density at radius 2 is 1.94 bits per heavy atom. The maximum absolute atomic E-state index is 13.1. The molecule has 0 spiro atoms. The van der Waals surface area contributed by atoms with Crippen molar-refractivity contribution in [1.82, 2.24) is 20.1 Å². The number of aromatic nitrogens is 3. The number of rotatable bonds is 7. The van der Waals surface area contributed by atoms with Gasteiger partial charge in [0, 0.05) is 0 Å². The molecule has 2 aliphatic rings. The third-order valence-corrected chi connectivity index (χ3v) is 7.07. The third-order valence-electron chi connectivity index (χ3n) is 6.12. The topological polar surface area (TPSA) is 87.5 Å². The standard InChI is InChI=1S/C24H26N4O4S/c1-30-19-7-3-2-6-18(19)28-16-25-27-23(28)33-15-22(29)26-24(10-4-5-11-24)17-8-9-20-21(14-17)32-13-12-31-20/h2-3,6-9,14,16H,4-5,10-13,15H2,1H3,(H,26,29). The molecule has 0 bridgehead atoms. The highest BCUT2D eigenvalue weighted by Gasteiger charge is 2.38. The van der Waals surface area contributed by atoms with Gasteiger partial charge in [-0.05, 0) is 42.7 Å². The van der Waals surface area contributed by atoms with Crippen LogP contribution in [0.5, 0.6) is 17.2 Å². The van der Waals surface area contributed by atoms with Gasteiger partial charge in [-0.2, -0.15) is 0 Å². The molecule has 1 N–H and O–H groups in total. The Balaban J connectivity index is 1.30. The predicted octanol–water partition coefficient (Wildman–Crippen LogP) is 3.72. The van der Waals surface area contributed by atoms with E-state index in [1.54, 1.807) is 13.4 Å². The Kier molecular flexibility index (Phi) is 6.13. The molecule has 0 unspecified atom stereocenters.